The van der Waals surface area contributed by atoms with Crippen LogP contribution in [0.2, 0.25) is 5.02 Å². The van der Waals surface area contributed by atoms with Crippen LogP contribution in [0.15, 0.2) is 36.5 Å². The Bertz CT molecular complexity index is 767. The van der Waals surface area contributed by atoms with Crippen LogP contribution in [0.25, 0.3) is 0 Å². The van der Waals surface area contributed by atoms with Crippen LogP contribution in [0.5, 0.6) is 0 Å². The predicted octanol–water partition coefficient (Wildman–Crippen LogP) is 4.16. The molecule has 23 heavy (non-hydrogen) atoms. The molecule has 5 nitrogen and oxygen atoms in total. The topological polar surface area (TPSA) is 71.1 Å². The summed E-state index contributed by atoms with van der Waals surface area (Å²) in [5.74, 6) is 0.0728. The summed E-state index contributed by atoms with van der Waals surface area (Å²) in [6.45, 7) is 1.93. The van der Waals surface area contributed by atoms with Crippen LogP contribution in [0.1, 0.15) is 19.8 Å². The van der Waals surface area contributed by atoms with Crippen molar-refractivity contribution in [2.75, 3.05) is 15.8 Å². The highest BCUT2D eigenvalue weighted by Crippen LogP contribution is 2.22. The number of benzene rings is 1. The van der Waals surface area contributed by atoms with Crippen molar-refractivity contribution >= 4 is 38.8 Å². The number of aromatic nitrogens is 1. The molecule has 1 aromatic carbocycles. The number of hydrogen-bond acceptors (Lipinski definition) is 4. The Labute approximate surface area is 139 Å². The first-order valence-corrected chi connectivity index (χ1v) is 9.11. The maximum absolute atomic E-state index is 13.1. The fourth-order valence-corrected chi connectivity index (χ4v) is 3.25. The fourth-order valence-electron chi connectivity index (χ4n) is 1.81. The minimum Gasteiger partial charge on any atom is -0.340 e. The molecule has 0 saturated heterocycles. The Morgan fingerprint density at radius 2 is 1.96 bits per heavy atom. The summed E-state index contributed by atoms with van der Waals surface area (Å²) in [4.78, 5) is 4.12. The first-order valence-electron chi connectivity index (χ1n) is 7.08. The van der Waals surface area contributed by atoms with E-state index in [0.29, 0.717) is 23.6 Å². The molecule has 0 radical (unpaired) electrons. The monoisotopic (exact) mass is 357 g/mol. The van der Waals surface area contributed by atoms with E-state index in [-0.39, 0.29) is 10.8 Å². The number of pyridine rings is 1. The molecule has 0 amide bonds. The van der Waals surface area contributed by atoms with E-state index in [1.54, 1.807) is 12.1 Å². The highest BCUT2D eigenvalue weighted by atomic mass is 35.5. The van der Waals surface area contributed by atoms with Crippen molar-refractivity contribution in [1.82, 2.24) is 4.98 Å². The molecule has 2 N–H and O–H groups in total. The van der Waals surface area contributed by atoms with Gasteiger partial charge < -0.3 is 5.32 Å². The Kier molecular flexibility index (Phi) is 5.79. The number of nitrogens with one attached hydrogen (secondary N) is 2. The van der Waals surface area contributed by atoms with Crippen LogP contribution < -0.4 is 10.0 Å². The lowest BCUT2D eigenvalue weighted by Crippen LogP contribution is -2.16. The molecule has 0 saturated carbocycles. The van der Waals surface area contributed by atoms with E-state index in [9.17, 15) is 12.8 Å². The molecule has 0 aliphatic heterocycles. The average molecular weight is 358 g/mol. The minimum atomic E-state index is -3.35. The first kappa shape index (κ1) is 17.5. The van der Waals surface area contributed by atoms with E-state index < -0.39 is 15.8 Å². The molecule has 0 atom stereocenters. The van der Waals surface area contributed by atoms with Gasteiger partial charge in [-0.15, -0.1) is 0 Å². The summed E-state index contributed by atoms with van der Waals surface area (Å²) >= 11 is 5.71. The maximum Gasteiger partial charge on any atom is 0.232 e. The van der Waals surface area contributed by atoms with Gasteiger partial charge in [-0.25, -0.2) is 17.8 Å². The molecule has 1 heterocycles. The number of hydrogen-bond donors (Lipinski definition) is 2. The van der Waals surface area contributed by atoms with Crippen molar-refractivity contribution in [2.45, 2.75) is 19.8 Å². The zero-order valence-corrected chi connectivity index (χ0v) is 14.1. The number of anilines is 3. The van der Waals surface area contributed by atoms with Gasteiger partial charge in [0.1, 0.15) is 11.6 Å². The molecular weight excluding hydrogens is 341 g/mol. The van der Waals surface area contributed by atoms with E-state index in [4.69, 9.17) is 11.6 Å². The largest absolute Gasteiger partial charge is 0.340 e. The van der Waals surface area contributed by atoms with Crippen molar-refractivity contribution in [3.8, 4) is 0 Å². The molecule has 0 fully saturated rings. The van der Waals surface area contributed by atoms with E-state index in [2.05, 4.69) is 15.0 Å². The lowest BCUT2D eigenvalue weighted by Gasteiger charge is -2.09. The second-order valence-corrected chi connectivity index (χ2v) is 7.21. The van der Waals surface area contributed by atoms with Crippen LogP contribution in [0.3, 0.4) is 0 Å². The van der Waals surface area contributed by atoms with E-state index in [0.717, 1.165) is 6.42 Å². The molecule has 0 spiro atoms. The van der Waals surface area contributed by atoms with E-state index in [1.165, 1.54) is 24.4 Å². The molecule has 0 aliphatic rings. The normalized spacial score (nSPS) is 11.3. The van der Waals surface area contributed by atoms with E-state index in [1.807, 2.05) is 6.92 Å². The Morgan fingerprint density at radius 1 is 1.22 bits per heavy atom. The zero-order chi connectivity index (χ0) is 16.9. The quantitative estimate of drug-likeness (QED) is 0.780. The maximum atomic E-state index is 13.1. The van der Waals surface area contributed by atoms with Crippen LogP contribution in [-0.2, 0) is 10.0 Å². The lowest BCUT2D eigenvalue weighted by molar-refractivity contribution is 0.598. The molecule has 8 heteroatoms. The molecule has 0 unspecified atom stereocenters. The van der Waals surface area contributed by atoms with Gasteiger partial charge in [-0.3, -0.25) is 4.72 Å². The van der Waals surface area contributed by atoms with Gasteiger partial charge in [0.2, 0.25) is 10.0 Å². The second kappa shape index (κ2) is 7.61. The van der Waals surface area contributed by atoms with Crippen LogP contribution in [-0.4, -0.2) is 19.2 Å². The number of unbranched alkanes of at least 4 members (excludes halogenated alkanes) is 1. The molecule has 2 rings (SSSR count). The van der Waals surface area contributed by atoms with Gasteiger partial charge in [-0.2, -0.15) is 0 Å². The van der Waals surface area contributed by atoms with Crippen molar-refractivity contribution in [3.05, 3.63) is 47.4 Å². The van der Waals surface area contributed by atoms with Crippen LogP contribution >= 0.6 is 11.6 Å². The molecule has 0 aliphatic carbocycles. The lowest BCUT2D eigenvalue weighted by atomic mass is 10.3. The summed E-state index contributed by atoms with van der Waals surface area (Å²) in [5.41, 5.74) is 0.976. The standard InChI is InChI=1S/C15H17ClFN3O2S/c1-2-3-8-23(21,22)20-12-5-7-15(18-10-12)19-11-4-6-14(17)13(16)9-11/h4-7,9-10,20H,2-3,8H2,1H3,(H,18,19). The summed E-state index contributed by atoms with van der Waals surface area (Å²) in [7, 11) is -3.35. The highest BCUT2D eigenvalue weighted by molar-refractivity contribution is 7.92. The minimum absolute atomic E-state index is 0.00954. The third kappa shape index (κ3) is 5.37. The molecule has 2 aromatic rings. The summed E-state index contributed by atoms with van der Waals surface area (Å²) in [6.07, 6.45) is 2.83. The molecule has 124 valence electrons. The van der Waals surface area contributed by atoms with Gasteiger partial charge in [-0.05, 0) is 36.8 Å². The Morgan fingerprint density at radius 3 is 2.57 bits per heavy atom. The smallest absolute Gasteiger partial charge is 0.232 e. The Balaban J connectivity index is 2.03. The number of halogens is 2. The van der Waals surface area contributed by atoms with E-state index >= 15 is 0 Å². The third-order valence-corrected chi connectivity index (χ3v) is 4.66. The van der Waals surface area contributed by atoms with Crippen molar-refractivity contribution in [3.63, 3.8) is 0 Å². The average Bonchev–Trinajstić information content (AvgIpc) is 2.51. The Hall–Kier alpha value is -1.86. The number of rotatable bonds is 7. The van der Waals surface area contributed by atoms with Gasteiger partial charge in [0.25, 0.3) is 0 Å². The summed E-state index contributed by atoms with van der Waals surface area (Å²) in [5, 5.41) is 2.97. The molecule has 1 aromatic heterocycles. The van der Waals surface area contributed by atoms with Crippen molar-refractivity contribution in [2.24, 2.45) is 0 Å². The highest BCUT2D eigenvalue weighted by Gasteiger charge is 2.09. The summed E-state index contributed by atoms with van der Waals surface area (Å²) in [6, 6.07) is 7.45. The fraction of sp³-hybridized carbons (Fsp3) is 0.267. The molecule has 0 bridgehead atoms. The van der Waals surface area contributed by atoms with Gasteiger partial charge in [0.15, 0.2) is 0 Å². The SMILES string of the molecule is CCCCS(=O)(=O)Nc1ccc(Nc2ccc(F)c(Cl)c2)nc1. The zero-order valence-electron chi connectivity index (χ0n) is 12.5. The van der Waals surface area contributed by atoms with Gasteiger partial charge in [0.05, 0.1) is 22.7 Å². The second-order valence-electron chi connectivity index (χ2n) is 4.96. The van der Waals surface area contributed by atoms with Crippen molar-refractivity contribution < 1.29 is 12.8 Å². The van der Waals surface area contributed by atoms with Crippen LogP contribution in [0, 0.1) is 5.82 Å². The van der Waals surface area contributed by atoms with Gasteiger partial charge in [-0.1, -0.05) is 24.9 Å². The number of nitrogens with zero attached hydrogens (tertiary/aromatic N) is 1. The third-order valence-electron chi connectivity index (χ3n) is 3.00. The van der Waals surface area contributed by atoms with Crippen molar-refractivity contribution in [1.29, 1.82) is 0 Å². The molecular formula is C15H17ClFN3O2S. The number of sulfonamides is 1. The van der Waals surface area contributed by atoms with Gasteiger partial charge >= 0.3 is 0 Å². The predicted molar refractivity (Wildman–Crippen MR) is 91.2 cm³/mol. The van der Waals surface area contributed by atoms with Crippen LogP contribution in [0.4, 0.5) is 21.6 Å². The van der Waals surface area contributed by atoms with Gasteiger partial charge in [0, 0.05) is 5.69 Å². The summed E-state index contributed by atoms with van der Waals surface area (Å²) < 4.78 is 39.2. The first-order chi connectivity index (χ1) is 10.9.